The fourth-order valence-corrected chi connectivity index (χ4v) is 2.98. The lowest BCUT2D eigenvalue weighted by molar-refractivity contribution is -0.121. The fraction of sp³-hybridized carbons (Fsp3) is 0.429. The molecule has 1 heterocycles. The van der Waals surface area contributed by atoms with E-state index in [4.69, 9.17) is 5.73 Å². The molecule has 114 valence electrons. The van der Waals surface area contributed by atoms with Crippen LogP contribution in [0.5, 0.6) is 5.75 Å². The topological polar surface area (TPSA) is 108 Å². The summed E-state index contributed by atoms with van der Waals surface area (Å²) in [5.74, 6) is -0.322. The quantitative estimate of drug-likeness (QED) is 0.571. The Morgan fingerprint density at radius 1 is 1.48 bits per heavy atom. The maximum absolute atomic E-state index is 11.4. The number of H-pyrrole nitrogens is 1. The first kappa shape index (κ1) is 15.5. The molecule has 0 aliphatic rings. The molecule has 1 amide bonds. The standard InChI is InChI=1S/C14H19N3O3S/c1-8(13(15)19)4-6-16-7-5-9-2-3-10(18)11-12(9)21-14(20)17-11/h2-3,8,16,18H,4-7H2,1H3,(H2,15,19)(H,17,20). The van der Waals surface area contributed by atoms with Crippen molar-refractivity contribution in [3.8, 4) is 5.75 Å². The van der Waals surface area contributed by atoms with Crippen molar-refractivity contribution in [2.75, 3.05) is 13.1 Å². The molecule has 0 aliphatic heterocycles. The summed E-state index contributed by atoms with van der Waals surface area (Å²) in [6, 6.07) is 3.42. The number of carbonyl (C=O) groups excluding carboxylic acids is 1. The lowest BCUT2D eigenvalue weighted by atomic mass is 10.1. The number of phenolic OH excluding ortho intramolecular Hbond substituents is 1. The molecule has 0 saturated carbocycles. The Labute approximate surface area is 126 Å². The minimum Gasteiger partial charge on any atom is -0.506 e. The van der Waals surface area contributed by atoms with Crippen molar-refractivity contribution in [1.29, 1.82) is 0 Å². The molecule has 21 heavy (non-hydrogen) atoms. The summed E-state index contributed by atoms with van der Waals surface area (Å²) in [4.78, 5) is 24.8. The van der Waals surface area contributed by atoms with Gasteiger partial charge in [0.05, 0.1) is 4.70 Å². The molecule has 0 fully saturated rings. The van der Waals surface area contributed by atoms with Gasteiger partial charge in [-0.2, -0.15) is 0 Å². The van der Waals surface area contributed by atoms with E-state index in [-0.39, 0.29) is 22.4 Å². The number of aromatic hydroxyl groups is 1. The van der Waals surface area contributed by atoms with Crippen LogP contribution in [-0.4, -0.2) is 29.1 Å². The second-order valence-corrected chi connectivity index (χ2v) is 6.04. The highest BCUT2D eigenvalue weighted by Crippen LogP contribution is 2.27. The molecule has 1 aromatic heterocycles. The predicted molar refractivity (Wildman–Crippen MR) is 83.7 cm³/mol. The van der Waals surface area contributed by atoms with E-state index in [9.17, 15) is 14.7 Å². The molecule has 0 spiro atoms. The van der Waals surface area contributed by atoms with Gasteiger partial charge in [-0.05, 0) is 37.6 Å². The summed E-state index contributed by atoms with van der Waals surface area (Å²) < 4.78 is 0.798. The normalized spacial score (nSPS) is 12.6. The van der Waals surface area contributed by atoms with Crippen molar-refractivity contribution in [3.05, 3.63) is 27.4 Å². The van der Waals surface area contributed by atoms with Gasteiger partial charge in [-0.25, -0.2) is 0 Å². The number of hydrogen-bond acceptors (Lipinski definition) is 5. The van der Waals surface area contributed by atoms with E-state index in [1.165, 1.54) is 0 Å². The SMILES string of the molecule is CC(CCNCCc1ccc(O)c2[nH]c(=O)sc12)C(N)=O. The Bertz CT molecular complexity index is 692. The molecular weight excluding hydrogens is 290 g/mol. The average Bonchev–Trinajstić information content (AvgIpc) is 2.83. The predicted octanol–water partition coefficient (Wildman–Crippen LogP) is 0.939. The van der Waals surface area contributed by atoms with E-state index in [1.54, 1.807) is 6.07 Å². The first-order chi connectivity index (χ1) is 9.99. The first-order valence-corrected chi connectivity index (χ1v) is 7.64. The zero-order valence-electron chi connectivity index (χ0n) is 11.8. The lowest BCUT2D eigenvalue weighted by Gasteiger charge is -2.09. The number of rotatable bonds is 7. The number of primary amides is 1. The highest BCUT2D eigenvalue weighted by Gasteiger charge is 2.10. The van der Waals surface area contributed by atoms with Crippen LogP contribution in [0.4, 0.5) is 0 Å². The van der Waals surface area contributed by atoms with Crippen molar-refractivity contribution in [2.45, 2.75) is 19.8 Å². The van der Waals surface area contributed by atoms with Gasteiger partial charge in [0, 0.05) is 5.92 Å². The summed E-state index contributed by atoms with van der Waals surface area (Å²) >= 11 is 1.11. The number of benzene rings is 1. The maximum Gasteiger partial charge on any atom is 0.305 e. The molecule has 0 radical (unpaired) electrons. The van der Waals surface area contributed by atoms with Crippen LogP contribution >= 0.6 is 11.3 Å². The van der Waals surface area contributed by atoms with Gasteiger partial charge in [-0.15, -0.1) is 0 Å². The Kier molecular flexibility index (Phi) is 4.98. The molecule has 0 bridgehead atoms. The van der Waals surface area contributed by atoms with Gasteiger partial charge in [0.15, 0.2) is 0 Å². The Balaban J connectivity index is 1.91. The van der Waals surface area contributed by atoms with Crippen LogP contribution in [0.2, 0.25) is 0 Å². The van der Waals surface area contributed by atoms with Crippen molar-refractivity contribution >= 4 is 27.5 Å². The van der Waals surface area contributed by atoms with Crippen LogP contribution < -0.4 is 15.9 Å². The van der Waals surface area contributed by atoms with Gasteiger partial charge in [0.25, 0.3) is 0 Å². The zero-order valence-corrected chi connectivity index (χ0v) is 12.6. The van der Waals surface area contributed by atoms with Crippen LogP contribution in [-0.2, 0) is 11.2 Å². The van der Waals surface area contributed by atoms with E-state index in [1.807, 2.05) is 13.0 Å². The number of nitrogens with one attached hydrogen (secondary N) is 2. The third kappa shape index (κ3) is 3.83. The van der Waals surface area contributed by atoms with E-state index >= 15 is 0 Å². The summed E-state index contributed by atoms with van der Waals surface area (Å²) in [6.07, 6.45) is 1.45. The molecule has 7 heteroatoms. The Morgan fingerprint density at radius 3 is 2.95 bits per heavy atom. The van der Waals surface area contributed by atoms with Gasteiger partial charge in [-0.1, -0.05) is 24.3 Å². The van der Waals surface area contributed by atoms with Crippen molar-refractivity contribution in [2.24, 2.45) is 11.7 Å². The van der Waals surface area contributed by atoms with Gasteiger partial charge in [-0.3, -0.25) is 9.59 Å². The molecule has 0 saturated heterocycles. The monoisotopic (exact) mass is 309 g/mol. The largest absolute Gasteiger partial charge is 0.506 e. The summed E-state index contributed by atoms with van der Waals surface area (Å²) in [6.45, 7) is 3.26. The number of aromatic amines is 1. The summed E-state index contributed by atoms with van der Waals surface area (Å²) in [7, 11) is 0. The van der Waals surface area contributed by atoms with Crippen LogP contribution in [0.15, 0.2) is 16.9 Å². The molecule has 6 nitrogen and oxygen atoms in total. The molecule has 2 rings (SSSR count). The number of thiazole rings is 1. The van der Waals surface area contributed by atoms with Crippen LogP contribution in [0.3, 0.4) is 0 Å². The van der Waals surface area contributed by atoms with E-state index in [2.05, 4.69) is 10.3 Å². The van der Waals surface area contributed by atoms with Crippen LogP contribution in [0.25, 0.3) is 10.2 Å². The number of aromatic nitrogens is 1. The highest BCUT2D eigenvalue weighted by molar-refractivity contribution is 7.16. The van der Waals surface area contributed by atoms with Gasteiger partial charge in [0.1, 0.15) is 11.3 Å². The van der Waals surface area contributed by atoms with E-state index in [0.29, 0.717) is 18.5 Å². The number of phenols is 1. The number of nitrogens with two attached hydrogens (primary N) is 1. The van der Waals surface area contributed by atoms with Crippen molar-refractivity contribution in [1.82, 2.24) is 10.3 Å². The highest BCUT2D eigenvalue weighted by atomic mass is 32.1. The third-order valence-corrected chi connectivity index (χ3v) is 4.41. The summed E-state index contributed by atoms with van der Waals surface area (Å²) in [5.41, 5.74) is 6.72. The Hall–Kier alpha value is -1.86. The van der Waals surface area contributed by atoms with Crippen molar-refractivity contribution in [3.63, 3.8) is 0 Å². The minimum atomic E-state index is -0.283. The number of fused-ring (bicyclic) bond motifs is 1. The summed E-state index contributed by atoms with van der Waals surface area (Å²) in [5, 5.41) is 13.0. The molecule has 1 unspecified atom stereocenters. The van der Waals surface area contributed by atoms with E-state index < -0.39 is 0 Å². The molecule has 1 aromatic carbocycles. The molecule has 5 N–H and O–H groups in total. The van der Waals surface area contributed by atoms with E-state index in [0.717, 1.165) is 34.6 Å². The van der Waals surface area contributed by atoms with Crippen LogP contribution in [0.1, 0.15) is 18.9 Å². The molecule has 0 aliphatic carbocycles. The molecule has 2 aromatic rings. The second-order valence-electron chi connectivity index (χ2n) is 5.05. The minimum absolute atomic E-state index is 0.0929. The number of amides is 1. The zero-order chi connectivity index (χ0) is 15.4. The van der Waals surface area contributed by atoms with Gasteiger partial charge in [0.2, 0.25) is 5.91 Å². The molecular formula is C14H19N3O3S. The smallest absolute Gasteiger partial charge is 0.305 e. The van der Waals surface area contributed by atoms with Gasteiger partial charge < -0.3 is 21.1 Å². The fourth-order valence-electron chi connectivity index (χ4n) is 2.08. The molecule has 1 atom stereocenters. The lowest BCUT2D eigenvalue weighted by Crippen LogP contribution is -2.26. The first-order valence-electron chi connectivity index (χ1n) is 6.82. The second kappa shape index (κ2) is 6.73. The third-order valence-electron chi connectivity index (χ3n) is 3.45. The maximum atomic E-state index is 11.4. The van der Waals surface area contributed by atoms with Crippen LogP contribution in [0, 0.1) is 5.92 Å². The average molecular weight is 309 g/mol. The van der Waals surface area contributed by atoms with Crippen molar-refractivity contribution < 1.29 is 9.90 Å². The number of carbonyl (C=O) groups is 1. The number of hydrogen-bond donors (Lipinski definition) is 4. The Morgan fingerprint density at radius 2 is 2.24 bits per heavy atom. The van der Waals surface area contributed by atoms with Gasteiger partial charge >= 0.3 is 4.87 Å².